The average molecular weight is 468 g/mol. The summed E-state index contributed by atoms with van der Waals surface area (Å²) in [6.07, 6.45) is -6.63. The number of aliphatic hydroxyl groups is 1. The van der Waals surface area contributed by atoms with Crippen LogP contribution in [0.2, 0.25) is 0 Å². The largest absolute Gasteiger partial charge is 0.505 e. The SMILES string of the molecule is Cc1noc(=O)c2ccc(NC(=O)C(O)(CC(C)(C)c3cccc(F)c3O)C(F)(F)F)cc12. The summed E-state index contributed by atoms with van der Waals surface area (Å²) in [5.74, 6) is -3.71. The van der Waals surface area contributed by atoms with Crippen molar-refractivity contribution in [2.24, 2.45) is 0 Å². The third kappa shape index (κ3) is 4.40. The fourth-order valence-electron chi connectivity index (χ4n) is 3.65. The van der Waals surface area contributed by atoms with Gasteiger partial charge in [0.2, 0.25) is 5.60 Å². The summed E-state index contributed by atoms with van der Waals surface area (Å²) in [6.45, 7) is 3.96. The number of para-hydroxylation sites is 1. The molecule has 3 N–H and O–H groups in total. The Hall–Kier alpha value is -3.47. The van der Waals surface area contributed by atoms with Gasteiger partial charge in [0.15, 0.2) is 11.6 Å². The highest BCUT2D eigenvalue weighted by Crippen LogP contribution is 2.44. The lowest BCUT2D eigenvalue weighted by Gasteiger charge is -2.37. The molecule has 2 aromatic carbocycles. The second-order valence-corrected chi connectivity index (χ2v) is 8.32. The van der Waals surface area contributed by atoms with Crippen molar-refractivity contribution in [3.8, 4) is 5.75 Å². The number of halogens is 4. The Kier molecular flexibility index (Phi) is 5.97. The zero-order valence-electron chi connectivity index (χ0n) is 17.7. The zero-order chi connectivity index (χ0) is 24.8. The number of amides is 1. The zero-order valence-corrected chi connectivity index (χ0v) is 17.7. The van der Waals surface area contributed by atoms with E-state index in [9.17, 15) is 37.4 Å². The Balaban J connectivity index is 1.99. The lowest BCUT2D eigenvalue weighted by Crippen LogP contribution is -2.57. The van der Waals surface area contributed by atoms with E-state index in [0.29, 0.717) is 0 Å². The molecule has 3 rings (SSSR count). The summed E-state index contributed by atoms with van der Waals surface area (Å²) >= 11 is 0. The summed E-state index contributed by atoms with van der Waals surface area (Å²) in [4.78, 5) is 24.5. The van der Waals surface area contributed by atoms with Crippen molar-refractivity contribution >= 4 is 22.4 Å². The molecule has 1 atom stereocenters. The third-order valence-electron chi connectivity index (χ3n) is 5.41. The first-order valence-corrected chi connectivity index (χ1v) is 9.66. The molecule has 11 heteroatoms. The van der Waals surface area contributed by atoms with Crippen LogP contribution >= 0.6 is 0 Å². The summed E-state index contributed by atoms with van der Waals surface area (Å²) in [6, 6.07) is 6.98. The molecule has 1 aromatic heterocycles. The first-order chi connectivity index (χ1) is 15.2. The number of fused-ring (bicyclic) bond motifs is 1. The highest BCUT2D eigenvalue weighted by Gasteiger charge is 2.61. The molecule has 3 aromatic rings. The average Bonchev–Trinajstić information content (AvgIpc) is 2.71. The Morgan fingerprint density at radius 2 is 1.82 bits per heavy atom. The van der Waals surface area contributed by atoms with Crippen LogP contribution in [0.1, 0.15) is 31.5 Å². The Morgan fingerprint density at radius 3 is 2.45 bits per heavy atom. The van der Waals surface area contributed by atoms with Gasteiger partial charge in [-0.2, -0.15) is 13.2 Å². The van der Waals surface area contributed by atoms with Gasteiger partial charge in [-0.05, 0) is 36.6 Å². The minimum Gasteiger partial charge on any atom is -0.505 e. The number of anilines is 1. The van der Waals surface area contributed by atoms with Gasteiger partial charge in [-0.15, -0.1) is 0 Å². The van der Waals surface area contributed by atoms with Crippen molar-refractivity contribution in [2.45, 2.75) is 44.4 Å². The van der Waals surface area contributed by atoms with Crippen LogP contribution in [0.15, 0.2) is 45.7 Å². The van der Waals surface area contributed by atoms with Crippen LogP contribution in [0, 0.1) is 12.7 Å². The number of aryl methyl sites for hydroxylation is 1. The van der Waals surface area contributed by atoms with Crippen LogP contribution in [0.25, 0.3) is 10.8 Å². The first kappa shape index (κ1) is 24.2. The van der Waals surface area contributed by atoms with E-state index in [1.807, 2.05) is 5.32 Å². The predicted molar refractivity (Wildman–Crippen MR) is 110 cm³/mol. The van der Waals surface area contributed by atoms with Crippen molar-refractivity contribution in [3.05, 3.63) is 63.9 Å². The number of carbonyl (C=O) groups is 1. The summed E-state index contributed by atoms with van der Waals surface area (Å²) in [5.41, 5.74) is -6.41. The molecule has 7 nitrogen and oxygen atoms in total. The summed E-state index contributed by atoms with van der Waals surface area (Å²) < 4.78 is 60.2. The van der Waals surface area contributed by atoms with Crippen molar-refractivity contribution < 1.29 is 37.1 Å². The van der Waals surface area contributed by atoms with Gasteiger partial charge in [-0.25, -0.2) is 9.18 Å². The van der Waals surface area contributed by atoms with Gasteiger partial charge in [-0.3, -0.25) is 4.79 Å². The van der Waals surface area contributed by atoms with Crippen molar-refractivity contribution in [1.82, 2.24) is 5.16 Å². The Bertz CT molecular complexity index is 1290. The number of nitrogens with one attached hydrogen (secondary N) is 1. The Morgan fingerprint density at radius 1 is 1.15 bits per heavy atom. The van der Waals surface area contributed by atoms with Crippen molar-refractivity contribution in [2.75, 3.05) is 5.32 Å². The van der Waals surface area contributed by atoms with E-state index in [1.54, 1.807) is 0 Å². The standard InChI is InChI=1S/C22H20F4N2O5/c1-11-14-9-12(7-8-13(14)18(30)33-28-11)27-19(31)21(32,22(24,25)26)10-20(2,3)15-5-4-6-16(23)17(15)29/h4-9,29,32H,10H2,1-3H3,(H,27,31). The number of rotatable bonds is 5. The number of aromatic hydroxyl groups is 1. The van der Waals surface area contributed by atoms with Gasteiger partial charge in [-0.1, -0.05) is 31.1 Å². The van der Waals surface area contributed by atoms with Gasteiger partial charge in [0, 0.05) is 23.1 Å². The number of aromatic nitrogens is 1. The van der Waals surface area contributed by atoms with Crippen LogP contribution in [-0.2, 0) is 10.2 Å². The monoisotopic (exact) mass is 468 g/mol. The van der Waals surface area contributed by atoms with Gasteiger partial charge in [0.05, 0.1) is 11.1 Å². The lowest BCUT2D eigenvalue weighted by molar-refractivity contribution is -0.254. The van der Waals surface area contributed by atoms with Crippen LogP contribution in [0.3, 0.4) is 0 Å². The summed E-state index contributed by atoms with van der Waals surface area (Å²) in [5, 5.41) is 26.4. The number of phenolic OH excluding ortho intramolecular Hbond substituents is 1. The van der Waals surface area contributed by atoms with E-state index in [-0.39, 0.29) is 27.7 Å². The highest BCUT2D eigenvalue weighted by molar-refractivity contribution is 5.99. The van der Waals surface area contributed by atoms with Gasteiger partial charge in [0.1, 0.15) is 0 Å². The summed E-state index contributed by atoms with van der Waals surface area (Å²) in [7, 11) is 0. The van der Waals surface area contributed by atoms with Crippen LogP contribution < -0.4 is 10.9 Å². The molecule has 0 radical (unpaired) electrons. The second kappa shape index (κ2) is 8.14. The van der Waals surface area contributed by atoms with Crippen LogP contribution in [-0.4, -0.2) is 33.1 Å². The normalized spacial score (nSPS) is 14.2. The molecular weight excluding hydrogens is 448 g/mol. The first-order valence-electron chi connectivity index (χ1n) is 9.66. The number of carbonyl (C=O) groups excluding carboxylic acids is 1. The van der Waals surface area contributed by atoms with E-state index in [2.05, 4.69) is 9.68 Å². The fourth-order valence-corrected chi connectivity index (χ4v) is 3.65. The fraction of sp³-hybridized carbons (Fsp3) is 0.318. The molecule has 0 aliphatic rings. The van der Waals surface area contributed by atoms with Gasteiger partial charge >= 0.3 is 11.8 Å². The number of phenols is 1. The molecule has 0 spiro atoms. The van der Waals surface area contributed by atoms with E-state index >= 15 is 0 Å². The number of nitrogens with zero attached hydrogens (tertiary/aromatic N) is 1. The molecule has 0 fully saturated rings. The maximum atomic E-state index is 13.9. The second-order valence-electron chi connectivity index (χ2n) is 8.32. The molecule has 0 aliphatic carbocycles. The molecule has 1 unspecified atom stereocenters. The molecule has 0 saturated carbocycles. The lowest BCUT2D eigenvalue weighted by atomic mass is 9.74. The minimum atomic E-state index is -5.41. The topological polar surface area (TPSA) is 113 Å². The van der Waals surface area contributed by atoms with Crippen molar-refractivity contribution in [1.29, 1.82) is 0 Å². The number of benzene rings is 2. The van der Waals surface area contributed by atoms with E-state index < -0.39 is 46.7 Å². The minimum absolute atomic E-state index is 0.106. The number of hydrogen-bond donors (Lipinski definition) is 3. The molecule has 0 aliphatic heterocycles. The highest BCUT2D eigenvalue weighted by atomic mass is 19.4. The molecule has 1 amide bonds. The van der Waals surface area contributed by atoms with Gasteiger partial charge < -0.3 is 20.1 Å². The molecular formula is C22H20F4N2O5. The quantitative estimate of drug-likeness (QED) is 0.489. The predicted octanol–water partition coefficient (Wildman–Crippen LogP) is 3.94. The molecule has 0 saturated heterocycles. The molecule has 176 valence electrons. The maximum absolute atomic E-state index is 13.9. The molecule has 1 heterocycles. The van der Waals surface area contributed by atoms with Gasteiger partial charge in [0.25, 0.3) is 5.91 Å². The molecule has 0 bridgehead atoms. The number of hydrogen-bond acceptors (Lipinski definition) is 6. The van der Waals surface area contributed by atoms with Crippen molar-refractivity contribution in [3.63, 3.8) is 0 Å². The molecule has 33 heavy (non-hydrogen) atoms. The van der Waals surface area contributed by atoms with Crippen LogP contribution in [0.5, 0.6) is 5.75 Å². The third-order valence-corrected chi connectivity index (χ3v) is 5.41. The van der Waals surface area contributed by atoms with E-state index in [0.717, 1.165) is 6.07 Å². The maximum Gasteiger partial charge on any atom is 0.426 e. The number of alkyl halides is 3. The van der Waals surface area contributed by atoms with E-state index in [1.165, 1.54) is 51.1 Å². The van der Waals surface area contributed by atoms with E-state index in [4.69, 9.17) is 0 Å². The smallest absolute Gasteiger partial charge is 0.426 e. The Labute approximate surface area is 184 Å². The van der Waals surface area contributed by atoms with Crippen LogP contribution in [0.4, 0.5) is 23.2 Å².